The van der Waals surface area contributed by atoms with Crippen LogP contribution in [0.4, 0.5) is 10.1 Å². The molecule has 1 aliphatic heterocycles. The molecule has 0 radical (unpaired) electrons. The third-order valence-electron chi connectivity index (χ3n) is 5.31. The first-order valence-electron chi connectivity index (χ1n) is 10.0. The summed E-state index contributed by atoms with van der Waals surface area (Å²) in [5, 5.41) is 1.05. The molecule has 31 heavy (non-hydrogen) atoms. The summed E-state index contributed by atoms with van der Waals surface area (Å²) in [6.07, 6.45) is 3.88. The summed E-state index contributed by atoms with van der Waals surface area (Å²) in [6, 6.07) is 9.77. The number of aromatic amines is 2. The Kier molecular flexibility index (Phi) is 6.03. The van der Waals surface area contributed by atoms with Crippen LogP contribution in [0.3, 0.4) is 0 Å². The second-order valence-corrected chi connectivity index (χ2v) is 7.47. The fraction of sp³-hybridized carbons (Fsp3) is 0.273. The molecule has 0 unspecified atom stereocenters. The number of fused-ring (bicyclic) bond motifs is 2. The van der Waals surface area contributed by atoms with Gasteiger partial charge in [-0.1, -0.05) is 0 Å². The average molecular weight is 422 g/mol. The summed E-state index contributed by atoms with van der Waals surface area (Å²) in [6.45, 7) is 4.28. The number of anilines is 1. The third kappa shape index (κ3) is 4.77. The maximum absolute atomic E-state index is 12.6. The topological polar surface area (TPSA) is 98.0 Å². The number of halogens is 1. The number of nitrogens with one attached hydrogen (secondary N) is 2. The van der Waals surface area contributed by atoms with Gasteiger partial charge in [-0.2, -0.15) is 0 Å². The van der Waals surface area contributed by atoms with E-state index in [1.807, 2.05) is 18.2 Å². The van der Waals surface area contributed by atoms with Crippen LogP contribution in [0.2, 0.25) is 0 Å². The first-order chi connectivity index (χ1) is 15.0. The van der Waals surface area contributed by atoms with Crippen LogP contribution < -0.4 is 16.0 Å². The highest BCUT2D eigenvalue weighted by molar-refractivity contribution is 5.81. The van der Waals surface area contributed by atoms with E-state index in [2.05, 4.69) is 36.8 Å². The molecule has 0 atom stereocenters. The van der Waals surface area contributed by atoms with Gasteiger partial charge in [0.1, 0.15) is 5.82 Å². The molecule has 0 amide bonds. The van der Waals surface area contributed by atoms with Crippen molar-refractivity contribution in [3.05, 3.63) is 75.6 Å². The first-order valence-corrected chi connectivity index (χ1v) is 10.0. The first kappa shape index (κ1) is 20.7. The van der Waals surface area contributed by atoms with Gasteiger partial charge >= 0.3 is 0 Å². The molecular weight excluding hydrogens is 399 g/mol. The molecule has 1 saturated heterocycles. The van der Waals surface area contributed by atoms with Crippen molar-refractivity contribution in [3.8, 4) is 0 Å². The Bertz CT molecular complexity index is 1320. The van der Waals surface area contributed by atoms with Crippen molar-refractivity contribution in [1.29, 1.82) is 0 Å². The van der Waals surface area contributed by atoms with Crippen molar-refractivity contribution in [3.63, 3.8) is 0 Å². The summed E-state index contributed by atoms with van der Waals surface area (Å²) >= 11 is 0. The molecule has 1 fully saturated rings. The van der Waals surface area contributed by atoms with Gasteiger partial charge in [0.25, 0.3) is 11.1 Å². The van der Waals surface area contributed by atoms with Crippen molar-refractivity contribution >= 4 is 27.5 Å². The highest BCUT2D eigenvalue weighted by atomic mass is 19.1. The Balaban J connectivity index is 0.000000166. The van der Waals surface area contributed by atoms with E-state index in [0.717, 1.165) is 43.8 Å². The van der Waals surface area contributed by atoms with Crippen molar-refractivity contribution < 1.29 is 4.39 Å². The van der Waals surface area contributed by atoms with E-state index in [0.29, 0.717) is 16.3 Å². The molecule has 160 valence electrons. The van der Waals surface area contributed by atoms with E-state index in [1.54, 1.807) is 0 Å². The summed E-state index contributed by atoms with van der Waals surface area (Å²) in [4.78, 5) is 40.5. The van der Waals surface area contributed by atoms with Crippen LogP contribution in [-0.2, 0) is 0 Å². The summed E-state index contributed by atoms with van der Waals surface area (Å²) < 4.78 is 12.6. The highest BCUT2D eigenvalue weighted by Gasteiger charge is 2.13. The number of aromatic nitrogens is 4. The second-order valence-electron chi connectivity index (χ2n) is 7.47. The highest BCUT2D eigenvalue weighted by Crippen LogP contribution is 2.20. The van der Waals surface area contributed by atoms with Crippen LogP contribution in [0.1, 0.15) is 6.42 Å². The Hall–Kier alpha value is -3.59. The minimum Gasteiger partial charge on any atom is -0.370 e. The quantitative estimate of drug-likeness (QED) is 0.488. The number of nitrogens with zero attached hydrogens (tertiary/aromatic N) is 4. The lowest BCUT2D eigenvalue weighted by atomic mass is 10.2. The van der Waals surface area contributed by atoms with E-state index >= 15 is 0 Å². The van der Waals surface area contributed by atoms with Gasteiger partial charge in [-0.15, -0.1) is 0 Å². The molecule has 5 rings (SSSR count). The van der Waals surface area contributed by atoms with Crippen LogP contribution in [0.5, 0.6) is 0 Å². The molecule has 1 aliphatic rings. The Morgan fingerprint density at radius 3 is 2.19 bits per heavy atom. The molecule has 4 aromatic rings. The predicted molar refractivity (Wildman–Crippen MR) is 119 cm³/mol. The van der Waals surface area contributed by atoms with Gasteiger partial charge in [0, 0.05) is 31.4 Å². The minimum absolute atomic E-state index is 0.0767. The van der Waals surface area contributed by atoms with Gasteiger partial charge in [0.15, 0.2) is 0 Å². The van der Waals surface area contributed by atoms with Gasteiger partial charge in [0.2, 0.25) is 0 Å². The molecule has 3 heterocycles. The van der Waals surface area contributed by atoms with E-state index < -0.39 is 0 Å². The Morgan fingerprint density at radius 1 is 0.839 bits per heavy atom. The largest absolute Gasteiger partial charge is 0.370 e. The second kappa shape index (κ2) is 9.05. The Morgan fingerprint density at radius 2 is 1.48 bits per heavy atom. The van der Waals surface area contributed by atoms with Crippen LogP contribution in [-0.4, -0.2) is 58.1 Å². The van der Waals surface area contributed by atoms with Crippen molar-refractivity contribution in [2.45, 2.75) is 6.42 Å². The van der Waals surface area contributed by atoms with E-state index in [9.17, 15) is 14.0 Å². The average Bonchev–Trinajstić information content (AvgIpc) is 2.99. The summed E-state index contributed by atoms with van der Waals surface area (Å²) in [5.41, 5.74) is 1.96. The molecule has 0 spiro atoms. The number of hydrogen-bond donors (Lipinski definition) is 2. The number of H-pyrrole nitrogens is 2. The lowest BCUT2D eigenvalue weighted by molar-refractivity contribution is 0.360. The van der Waals surface area contributed by atoms with Crippen molar-refractivity contribution in [2.24, 2.45) is 0 Å². The molecule has 8 nitrogen and oxygen atoms in total. The molecule has 2 aromatic carbocycles. The van der Waals surface area contributed by atoms with Crippen molar-refractivity contribution in [1.82, 2.24) is 24.8 Å². The molecule has 0 bridgehead atoms. The zero-order valence-corrected chi connectivity index (χ0v) is 17.1. The lowest BCUT2D eigenvalue weighted by Gasteiger charge is -2.22. The fourth-order valence-electron chi connectivity index (χ4n) is 3.60. The number of benzene rings is 2. The fourth-order valence-corrected chi connectivity index (χ4v) is 3.60. The molecule has 2 aromatic heterocycles. The van der Waals surface area contributed by atoms with Gasteiger partial charge in [-0.25, -0.2) is 14.4 Å². The molecule has 2 N–H and O–H groups in total. The Labute approximate surface area is 177 Å². The maximum Gasteiger partial charge on any atom is 0.258 e. The molecule has 0 saturated carbocycles. The van der Waals surface area contributed by atoms with E-state index in [-0.39, 0.29) is 16.9 Å². The number of hydrogen-bond acceptors (Lipinski definition) is 6. The number of likely N-dealkylation sites (N-methyl/N-ethyl adjacent to an activating group) is 1. The zero-order chi connectivity index (χ0) is 21.8. The van der Waals surface area contributed by atoms with Gasteiger partial charge in [-0.05, 0) is 50.3 Å². The monoisotopic (exact) mass is 422 g/mol. The van der Waals surface area contributed by atoms with E-state index in [4.69, 9.17) is 0 Å². The van der Waals surface area contributed by atoms with E-state index in [1.165, 1.54) is 30.9 Å². The predicted octanol–water partition coefficient (Wildman–Crippen LogP) is 2.13. The van der Waals surface area contributed by atoms with Crippen LogP contribution in [0.15, 0.2) is 58.6 Å². The minimum atomic E-state index is -0.388. The normalized spacial score (nSPS) is 14.8. The van der Waals surface area contributed by atoms with Crippen LogP contribution in [0, 0.1) is 5.82 Å². The summed E-state index contributed by atoms with van der Waals surface area (Å²) in [5.74, 6) is -0.388. The van der Waals surface area contributed by atoms with Gasteiger partial charge < -0.3 is 19.8 Å². The lowest BCUT2D eigenvalue weighted by Crippen LogP contribution is -2.28. The number of rotatable bonds is 1. The molecule has 0 aliphatic carbocycles. The zero-order valence-electron chi connectivity index (χ0n) is 17.1. The standard InChI is InChI=1S/C14H18N4O.C8H5FN2O/c1-17-5-2-6-18(8-7-17)11-3-4-12-13(9-11)15-10-16-14(12)19;9-5-1-2-6-7(3-5)10-4-11-8(6)12/h3-4,9-10H,2,5-8H2,1H3,(H,15,16,19);1-4H,(H,10,11,12). The maximum atomic E-state index is 12.6. The third-order valence-corrected chi connectivity index (χ3v) is 5.31. The molecular formula is C22H23FN6O2. The summed E-state index contributed by atoms with van der Waals surface area (Å²) in [7, 11) is 2.16. The van der Waals surface area contributed by atoms with Gasteiger partial charge in [0.05, 0.1) is 34.5 Å². The van der Waals surface area contributed by atoms with Crippen LogP contribution in [0.25, 0.3) is 21.8 Å². The SMILES string of the molecule is CN1CCCN(c2ccc3c(=O)[nH]cnc3c2)CC1.O=c1[nH]cnc2cc(F)ccc12. The van der Waals surface area contributed by atoms with Crippen LogP contribution >= 0.6 is 0 Å². The van der Waals surface area contributed by atoms with Crippen molar-refractivity contribution in [2.75, 3.05) is 38.1 Å². The smallest absolute Gasteiger partial charge is 0.258 e. The molecule has 9 heteroatoms. The van der Waals surface area contributed by atoms with Gasteiger partial charge in [-0.3, -0.25) is 9.59 Å².